The van der Waals surface area contributed by atoms with E-state index in [9.17, 15) is 13.2 Å². The molecule has 0 radical (unpaired) electrons. The summed E-state index contributed by atoms with van der Waals surface area (Å²) in [5.41, 5.74) is 5.50. The number of aliphatic hydroxyl groups is 1. The number of hydrogen-bond acceptors (Lipinski definition) is 5. The molecule has 0 aliphatic rings. The van der Waals surface area contributed by atoms with Crippen LogP contribution in [0.3, 0.4) is 0 Å². The van der Waals surface area contributed by atoms with Gasteiger partial charge in [0.2, 0.25) is 5.95 Å². The van der Waals surface area contributed by atoms with E-state index in [1.807, 2.05) is 0 Å². The topological polar surface area (TPSA) is 89.8 Å². The van der Waals surface area contributed by atoms with Crippen molar-refractivity contribution >= 4 is 28.7 Å². The number of anilines is 1. The molecule has 0 aromatic carbocycles. The Kier molecular flexibility index (Phi) is 3.03. The second-order valence-electron chi connectivity index (χ2n) is 3.50. The summed E-state index contributed by atoms with van der Waals surface area (Å²) < 4.78 is 37.7. The Balaban J connectivity index is 2.41. The molecular weight excluding hydrogens is 275 g/mol. The normalized spacial score (nSPS) is 14.1. The summed E-state index contributed by atoms with van der Waals surface area (Å²) in [6.07, 6.45) is -6.16. The molecule has 6 nitrogen and oxygen atoms in total. The Morgan fingerprint density at radius 2 is 2.11 bits per heavy atom. The molecule has 0 aliphatic carbocycles. The van der Waals surface area contributed by atoms with Crippen molar-refractivity contribution in [2.45, 2.75) is 18.8 Å². The predicted molar refractivity (Wildman–Crippen MR) is 56.8 cm³/mol. The zero-order valence-electron chi connectivity index (χ0n) is 8.69. The van der Waals surface area contributed by atoms with Gasteiger partial charge in [-0.1, -0.05) is 11.6 Å². The van der Waals surface area contributed by atoms with Crippen LogP contribution in [0.1, 0.15) is 0 Å². The smallest absolute Gasteiger partial charge is 0.382 e. The van der Waals surface area contributed by atoms with E-state index in [1.54, 1.807) is 0 Å². The minimum atomic E-state index is -4.72. The van der Waals surface area contributed by atoms with Crippen LogP contribution in [0.25, 0.3) is 11.2 Å². The molecule has 2 heterocycles. The number of nitrogen functional groups attached to an aromatic ring is 1. The maximum absolute atomic E-state index is 12.2. The summed E-state index contributed by atoms with van der Waals surface area (Å²) in [5.74, 6) is -0.184. The Hall–Kier alpha value is -1.61. The highest BCUT2D eigenvalue weighted by atomic mass is 35.5. The van der Waals surface area contributed by atoms with Crippen LogP contribution in [-0.2, 0) is 6.54 Å². The number of nitrogens with zero attached hydrogens (tertiary/aromatic N) is 4. The Labute approximate surface area is 103 Å². The molecule has 98 valence electrons. The van der Waals surface area contributed by atoms with E-state index in [-0.39, 0.29) is 22.3 Å². The van der Waals surface area contributed by atoms with Gasteiger partial charge in [-0.15, -0.1) is 0 Å². The zero-order valence-corrected chi connectivity index (χ0v) is 9.44. The highest BCUT2D eigenvalue weighted by molar-refractivity contribution is 6.33. The van der Waals surface area contributed by atoms with Gasteiger partial charge < -0.3 is 15.4 Å². The van der Waals surface area contributed by atoms with Gasteiger partial charge in [0.1, 0.15) is 5.52 Å². The molecule has 18 heavy (non-hydrogen) atoms. The molecule has 2 aromatic heterocycles. The maximum atomic E-state index is 12.2. The number of imidazole rings is 1. The van der Waals surface area contributed by atoms with Crippen LogP contribution >= 0.6 is 11.6 Å². The lowest BCUT2D eigenvalue weighted by Gasteiger charge is -2.14. The quantitative estimate of drug-likeness (QED) is 0.801. The summed E-state index contributed by atoms with van der Waals surface area (Å²) in [7, 11) is 0. The van der Waals surface area contributed by atoms with Crippen molar-refractivity contribution in [3.63, 3.8) is 0 Å². The van der Waals surface area contributed by atoms with Gasteiger partial charge in [0.25, 0.3) is 0 Å². The standard InChI is InChI=1S/C8H7ClF3N5O/c9-5-4-6(16-7(13)15-5)17(2-14-4)1-3(18)8(10,11)12/h2-3,18H,1H2,(H2,13,15,16). The van der Waals surface area contributed by atoms with E-state index in [0.717, 1.165) is 10.9 Å². The molecule has 3 N–H and O–H groups in total. The fourth-order valence-electron chi connectivity index (χ4n) is 1.35. The SMILES string of the molecule is Nc1nc(Cl)c2ncn(CC(O)C(F)(F)F)c2n1. The highest BCUT2D eigenvalue weighted by Crippen LogP contribution is 2.24. The first kappa shape index (κ1) is 12.8. The molecule has 1 atom stereocenters. The average Bonchev–Trinajstić information content (AvgIpc) is 2.60. The molecule has 0 saturated carbocycles. The average molecular weight is 282 g/mol. The molecule has 0 saturated heterocycles. The second-order valence-corrected chi connectivity index (χ2v) is 3.86. The Morgan fingerprint density at radius 1 is 1.44 bits per heavy atom. The minimum Gasteiger partial charge on any atom is -0.382 e. The Morgan fingerprint density at radius 3 is 2.72 bits per heavy atom. The van der Waals surface area contributed by atoms with Crippen LogP contribution < -0.4 is 5.73 Å². The van der Waals surface area contributed by atoms with Gasteiger partial charge in [0.05, 0.1) is 12.9 Å². The van der Waals surface area contributed by atoms with Crippen LogP contribution in [-0.4, -0.2) is 36.9 Å². The third kappa shape index (κ3) is 2.31. The molecule has 2 aromatic rings. The summed E-state index contributed by atoms with van der Waals surface area (Å²) in [5, 5.41) is 8.92. The molecule has 0 amide bonds. The number of hydrogen-bond donors (Lipinski definition) is 2. The van der Waals surface area contributed by atoms with E-state index in [4.69, 9.17) is 22.4 Å². The largest absolute Gasteiger partial charge is 0.416 e. The van der Waals surface area contributed by atoms with E-state index < -0.39 is 18.8 Å². The van der Waals surface area contributed by atoms with Crippen molar-refractivity contribution in [3.8, 4) is 0 Å². The molecule has 0 fully saturated rings. The fraction of sp³-hybridized carbons (Fsp3) is 0.375. The second kappa shape index (κ2) is 4.25. The van der Waals surface area contributed by atoms with Crippen molar-refractivity contribution in [1.82, 2.24) is 19.5 Å². The minimum absolute atomic E-state index is 0.0378. The predicted octanol–water partition coefficient (Wildman–Crippen LogP) is 0.985. The lowest BCUT2D eigenvalue weighted by atomic mass is 10.3. The lowest BCUT2D eigenvalue weighted by Crippen LogP contribution is -2.32. The van der Waals surface area contributed by atoms with Gasteiger partial charge >= 0.3 is 6.18 Å². The molecule has 1 unspecified atom stereocenters. The summed E-state index contributed by atoms with van der Waals surface area (Å²) in [6.45, 7) is -0.743. The van der Waals surface area contributed by atoms with Gasteiger partial charge in [-0.2, -0.15) is 23.1 Å². The lowest BCUT2D eigenvalue weighted by molar-refractivity contribution is -0.207. The van der Waals surface area contributed by atoms with Crippen LogP contribution in [0, 0.1) is 0 Å². The third-order valence-corrected chi connectivity index (χ3v) is 2.45. The zero-order chi connectivity index (χ0) is 13.5. The fourth-order valence-corrected chi connectivity index (χ4v) is 1.57. The van der Waals surface area contributed by atoms with E-state index in [1.165, 1.54) is 0 Å². The first-order valence-corrected chi connectivity index (χ1v) is 5.05. The van der Waals surface area contributed by atoms with Crippen LogP contribution in [0.5, 0.6) is 0 Å². The molecule has 0 bridgehead atoms. The Bertz CT molecular complexity index is 584. The summed E-state index contributed by atoms with van der Waals surface area (Å²) >= 11 is 5.71. The highest BCUT2D eigenvalue weighted by Gasteiger charge is 2.38. The van der Waals surface area contributed by atoms with Gasteiger partial charge in [-0.3, -0.25) is 0 Å². The molecule has 0 aliphatic heterocycles. The van der Waals surface area contributed by atoms with E-state index in [2.05, 4.69) is 15.0 Å². The van der Waals surface area contributed by atoms with Crippen LogP contribution in [0.4, 0.5) is 19.1 Å². The molecule has 2 rings (SSSR count). The monoisotopic (exact) mass is 281 g/mol. The van der Waals surface area contributed by atoms with Gasteiger partial charge in [0, 0.05) is 0 Å². The van der Waals surface area contributed by atoms with Crippen molar-refractivity contribution in [2.24, 2.45) is 0 Å². The number of rotatable bonds is 2. The first-order chi connectivity index (χ1) is 8.29. The summed E-state index contributed by atoms with van der Waals surface area (Å²) in [6, 6.07) is 0. The third-order valence-electron chi connectivity index (χ3n) is 2.19. The van der Waals surface area contributed by atoms with E-state index in [0.29, 0.717) is 0 Å². The number of aromatic nitrogens is 4. The molecule has 0 spiro atoms. The van der Waals surface area contributed by atoms with Crippen molar-refractivity contribution in [1.29, 1.82) is 0 Å². The van der Waals surface area contributed by atoms with Gasteiger partial charge in [0.15, 0.2) is 16.9 Å². The first-order valence-electron chi connectivity index (χ1n) is 4.67. The summed E-state index contributed by atoms with van der Waals surface area (Å²) in [4.78, 5) is 11.1. The van der Waals surface area contributed by atoms with Crippen molar-refractivity contribution < 1.29 is 18.3 Å². The number of aliphatic hydroxyl groups excluding tert-OH is 1. The molecule has 10 heteroatoms. The number of nitrogens with two attached hydrogens (primary N) is 1. The van der Waals surface area contributed by atoms with Crippen LogP contribution in [0.15, 0.2) is 6.33 Å². The van der Waals surface area contributed by atoms with Crippen molar-refractivity contribution in [3.05, 3.63) is 11.5 Å². The number of halogens is 4. The van der Waals surface area contributed by atoms with Crippen LogP contribution in [0.2, 0.25) is 5.15 Å². The van der Waals surface area contributed by atoms with E-state index >= 15 is 0 Å². The van der Waals surface area contributed by atoms with Crippen molar-refractivity contribution in [2.75, 3.05) is 5.73 Å². The van der Waals surface area contributed by atoms with Gasteiger partial charge in [-0.25, -0.2) is 4.98 Å². The number of fused-ring (bicyclic) bond motifs is 1. The maximum Gasteiger partial charge on any atom is 0.416 e. The molecular formula is C8H7ClF3N5O. The number of alkyl halides is 3. The van der Waals surface area contributed by atoms with Gasteiger partial charge in [-0.05, 0) is 0 Å².